The minimum absolute atomic E-state index is 0.0589. The molecule has 190 valence electrons. The van der Waals surface area contributed by atoms with Gasteiger partial charge in [0.15, 0.2) is 5.11 Å². The van der Waals surface area contributed by atoms with E-state index in [4.69, 9.17) is 22.2 Å². The van der Waals surface area contributed by atoms with Crippen LogP contribution >= 0.6 is 12.2 Å². The zero-order chi connectivity index (χ0) is 26.7. The summed E-state index contributed by atoms with van der Waals surface area (Å²) >= 11 is 5.44. The van der Waals surface area contributed by atoms with E-state index in [0.717, 1.165) is 17.5 Å². The summed E-state index contributed by atoms with van der Waals surface area (Å²) in [4.78, 5) is 12.7. The summed E-state index contributed by atoms with van der Waals surface area (Å²) < 4.78 is 20.2. The molecule has 4 aromatic rings. The first-order valence-corrected chi connectivity index (χ1v) is 12.3. The van der Waals surface area contributed by atoms with Gasteiger partial charge in [-0.05, 0) is 66.2 Å². The molecule has 0 aliphatic carbocycles. The van der Waals surface area contributed by atoms with Crippen molar-refractivity contribution in [3.05, 3.63) is 125 Å². The number of halogens is 1. The first kappa shape index (κ1) is 26.3. The van der Waals surface area contributed by atoms with Gasteiger partial charge < -0.3 is 20.7 Å². The number of nitrogens with zero attached hydrogens (tertiary/aromatic N) is 1. The van der Waals surface area contributed by atoms with Gasteiger partial charge in [-0.25, -0.2) is 4.39 Å². The number of nitrogens with one attached hydrogen (secondary N) is 3. The Bertz CT molecular complexity index is 1450. The molecule has 0 aliphatic heterocycles. The number of ether oxygens (including phenoxy) is 1. The number of thiocarbonyl (C=S) groups is 1. The molecule has 0 radical (unpaired) electrons. The topological polar surface area (TPSA) is 86.2 Å². The van der Waals surface area contributed by atoms with Crippen LogP contribution in [-0.2, 0) is 13.0 Å². The Labute approximate surface area is 226 Å². The monoisotopic (exact) mass is 524 g/mol. The Morgan fingerprint density at radius 2 is 1.63 bits per heavy atom. The molecule has 38 heavy (non-hydrogen) atoms. The number of amides is 1. The Balaban J connectivity index is 1.43. The standard InChI is InChI=1S/C30H25FN4O2S/c31-26-9-5-4-8-25(26)29(36)35-27-15-14-24(18-28(27)37-20-23-6-2-1-3-7-23)34-30(38)33-17-16-21-10-12-22(19-32)13-11-21/h1-15,18H,16-17,20H2,(H,35,36)(H2,33,34,38). The molecule has 3 N–H and O–H groups in total. The van der Waals surface area contributed by atoms with E-state index in [1.165, 1.54) is 18.2 Å². The molecule has 0 fully saturated rings. The van der Waals surface area contributed by atoms with Crippen LogP contribution in [0.1, 0.15) is 27.0 Å². The van der Waals surface area contributed by atoms with Crippen molar-refractivity contribution in [2.24, 2.45) is 0 Å². The summed E-state index contributed by atoms with van der Waals surface area (Å²) in [5.41, 5.74) is 3.67. The Morgan fingerprint density at radius 3 is 2.37 bits per heavy atom. The van der Waals surface area contributed by atoms with E-state index >= 15 is 0 Å². The zero-order valence-corrected chi connectivity index (χ0v) is 21.2. The number of benzene rings is 4. The molecule has 0 unspecified atom stereocenters. The second-order valence-corrected chi connectivity index (χ2v) is 8.77. The van der Waals surface area contributed by atoms with Gasteiger partial charge in [0.05, 0.1) is 22.9 Å². The first-order chi connectivity index (χ1) is 18.5. The Kier molecular flexibility index (Phi) is 9.00. The second-order valence-electron chi connectivity index (χ2n) is 8.36. The lowest BCUT2D eigenvalue weighted by Crippen LogP contribution is -2.30. The van der Waals surface area contributed by atoms with Crippen LogP contribution in [0, 0.1) is 17.1 Å². The SMILES string of the molecule is N#Cc1ccc(CCNC(=S)Nc2ccc(NC(=O)c3ccccc3F)c(OCc3ccccc3)c2)cc1. The van der Waals surface area contributed by atoms with Gasteiger partial charge in [0.2, 0.25) is 0 Å². The number of nitriles is 1. The first-order valence-electron chi connectivity index (χ1n) is 11.9. The summed E-state index contributed by atoms with van der Waals surface area (Å²) in [6, 6.07) is 30.1. The molecule has 0 bridgehead atoms. The molecular formula is C30H25FN4O2S. The number of carbonyl (C=O) groups is 1. The quantitative estimate of drug-likeness (QED) is 0.231. The lowest BCUT2D eigenvalue weighted by Gasteiger charge is -2.16. The van der Waals surface area contributed by atoms with Crippen LogP contribution in [-0.4, -0.2) is 17.6 Å². The number of hydrogen-bond acceptors (Lipinski definition) is 4. The fraction of sp³-hybridized carbons (Fsp3) is 0.100. The normalized spacial score (nSPS) is 10.2. The summed E-state index contributed by atoms with van der Waals surface area (Å²) in [7, 11) is 0. The van der Waals surface area contributed by atoms with Gasteiger partial charge >= 0.3 is 0 Å². The predicted octanol–water partition coefficient (Wildman–Crippen LogP) is 6.06. The van der Waals surface area contributed by atoms with E-state index in [-0.39, 0.29) is 12.2 Å². The van der Waals surface area contributed by atoms with Crippen molar-refractivity contribution in [2.45, 2.75) is 13.0 Å². The smallest absolute Gasteiger partial charge is 0.258 e. The molecule has 4 aromatic carbocycles. The maximum atomic E-state index is 14.1. The molecule has 0 spiro atoms. The van der Waals surface area contributed by atoms with E-state index in [0.29, 0.717) is 34.3 Å². The van der Waals surface area contributed by atoms with Crippen molar-refractivity contribution in [3.8, 4) is 11.8 Å². The van der Waals surface area contributed by atoms with Gasteiger partial charge in [-0.1, -0.05) is 54.6 Å². The minimum atomic E-state index is -0.604. The van der Waals surface area contributed by atoms with Crippen LogP contribution in [0.2, 0.25) is 0 Å². The molecule has 4 rings (SSSR count). The molecule has 6 nitrogen and oxygen atoms in total. The van der Waals surface area contributed by atoms with E-state index in [1.807, 2.05) is 42.5 Å². The van der Waals surface area contributed by atoms with E-state index in [9.17, 15) is 9.18 Å². The van der Waals surface area contributed by atoms with Crippen LogP contribution in [0.3, 0.4) is 0 Å². The van der Waals surface area contributed by atoms with Crippen molar-refractivity contribution >= 4 is 34.6 Å². The van der Waals surface area contributed by atoms with Crippen LogP contribution in [0.4, 0.5) is 15.8 Å². The van der Waals surface area contributed by atoms with E-state index in [2.05, 4.69) is 22.0 Å². The van der Waals surface area contributed by atoms with Crippen molar-refractivity contribution in [1.29, 1.82) is 5.26 Å². The van der Waals surface area contributed by atoms with Crippen LogP contribution in [0.5, 0.6) is 5.75 Å². The summed E-state index contributed by atoms with van der Waals surface area (Å²) in [6.45, 7) is 0.881. The molecular weight excluding hydrogens is 499 g/mol. The van der Waals surface area contributed by atoms with Gasteiger partial charge in [0.25, 0.3) is 5.91 Å². The maximum absolute atomic E-state index is 14.1. The molecule has 0 aromatic heterocycles. The molecule has 8 heteroatoms. The number of carbonyl (C=O) groups excluding carboxylic acids is 1. The number of hydrogen-bond donors (Lipinski definition) is 3. The molecule has 0 heterocycles. The Morgan fingerprint density at radius 1 is 0.895 bits per heavy atom. The fourth-order valence-electron chi connectivity index (χ4n) is 3.63. The van der Waals surface area contributed by atoms with Crippen LogP contribution < -0.4 is 20.7 Å². The average molecular weight is 525 g/mol. The highest BCUT2D eigenvalue weighted by Crippen LogP contribution is 2.30. The third-order valence-electron chi connectivity index (χ3n) is 5.63. The fourth-order valence-corrected chi connectivity index (χ4v) is 3.85. The molecule has 0 saturated carbocycles. The molecule has 0 atom stereocenters. The van der Waals surface area contributed by atoms with Crippen LogP contribution in [0.25, 0.3) is 0 Å². The van der Waals surface area contributed by atoms with Gasteiger partial charge in [-0.2, -0.15) is 5.26 Å². The number of anilines is 2. The van der Waals surface area contributed by atoms with Crippen LogP contribution in [0.15, 0.2) is 97.1 Å². The molecule has 0 aliphatic rings. The predicted molar refractivity (Wildman–Crippen MR) is 151 cm³/mol. The average Bonchev–Trinajstić information content (AvgIpc) is 2.94. The Hall–Kier alpha value is -4.74. The maximum Gasteiger partial charge on any atom is 0.258 e. The van der Waals surface area contributed by atoms with E-state index < -0.39 is 11.7 Å². The summed E-state index contributed by atoms with van der Waals surface area (Å²) in [5, 5.41) is 18.4. The number of rotatable bonds is 9. The highest BCUT2D eigenvalue weighted by Gasteiger charge is 2.15. The minimum Gasteiger partial charge on any atom is -0.487 e. The van der Waals surface area contributed by atoms with E-state index in [1.54, 1.807) is 36.4 Å². The summed E-state index contributed by atoms with van der Waals surface area (Å²) in [6.07, 6.45) is 0.736. The molecule has 0 saturated heterocycles. The summed E-state index contributed by atoms with van der Waals surface area (Å²) in [5.74, 6) is -0.773. The highest BCUT2D eigenvalue weighted by molar-refractivity contribution is 7.80. The van der Waals surface area contributed by atoms with Gasteiger partial charge in [-0.3, -0.25) is 4.79 Å². The van der Waals surface area contributed by atoms with Crippen molar-refractivity contribution in [1.82, 2.24) is 5.32 Å². The zero-order valence-electron chi connectivity index (χ0n) is 20.4. The largest absolute Gasteiger partial charge is 0.487 e. The lowest BCUT2D eigenvalue weighted by atomic mass is 10.1. The van der Waals surface area contributed by atoms with Crippen molar-refractivity contribution in [2.75, 3.05) is 17.2 Å². The van der Waals surface area contributed by atoms with Crippen molar-refractivity contribution < 1.29 is 13.9 Å². The lowest BCUT2D eigenvalue weighted by molar-refractivity contribution is 0.102. The third-order valence-corrected chi connectivity index (χ3v) is 5.87. The van der Waals surface area contributed by atoms with Gasteiger partial charge in [0, 0.05) is 18.3 Å². The van der Waals surface area contributed by atoms with Crippen molar-refractivity contribution in [3.63, 3.8) is 0 Å². The molecule has 1 amide bonds. The highest BCUT2D eigenvalue weighted by atomic mass is 32.1. The van der Waals surface area contributed by atoms with Gasteiger partial charge in [0.1, 0.15) is 18.2 Å². The second kappa shape index (κ2) is 13.0. The van der Waals surface area contributed by atoms with Gasteiger partial charge in [-0.15, -0.1) is 0 Å². The third kappa shape index (κ3) is 7.38.